The van der Waals surface area contributed by atoms with E-state index in [9.17, 15) is 13.2 Å². The van der Waals surface area contributed by atoms with E-state index in [1.54, 1.807) is 48.5 Å². The van der Waals surface area contributed by atoms with Crippen molar-refractivity contribution in [3.63, 3.8) is 0 Å². The van der Waals surface area contributed by atoms with E-state index in [0.717, 1.165) is 29.7 Å². The normalized spacial score (nSPS) is 20.1. The molecule has 0 saturated heterocycles. The second-order valence-electron chi connectivity index (χ2n) is 9.72. The van der Waals surface area contributed by atoms with Crippen molar-refractivity contribution in [1.82, 2.24) is 5.32 Å². The number of sulfonamides is 1. The van der Waals surface area contributed by atoms with E-state index >= 15 is 0 Å². The van der Waals surface area contributed by atoms with E-state index in [2.05, 4.69) is 19.2 Å². The van der Waals surface area contributed by atoms with E-state index in [1.807, 2.05) is 31.2 Å². The quantitative estimate of drug-likeness (QED) is 0.486. The van der Waals surface area contributed by atoms with Crippen molar-refractivity contribution in [1.29, 1.82) is 0 Å². The monoisotopic (exact) mass is 520 g/mol. The number of hydrogen-bond acceptors (Lipinski definition) is 5. The first-order valence-corrected chi connectivity index (χ1v) is 14.1. The number of nitrogens with zero attached hydrogens (tertiary/aromatic N) is 1. The molecule has 2 heterocycles. The molecule has 0 aliphatic carbocycles. The van der Waals surface area contributed by atoms with Crippen LogP contribution in [0.4, 0.5) is 5.69 Å². The highest BCUT2D eigenvalue weighted by molar-refractivity contribution is 7.92. The Morgan fingerprint density at radius 2 is 1.62 bits per heavy atom. The first kappa shape index (κ1) is 25.1. The zero-order valence-corrected chi connectivity index (χ0v) is 22.1. The van der Waals surface area contributed by atoms with Gasteiger partial charge in [-0.2, -0.15) is 0 Å². The average Bonchev–Trinajstić information content (AvgIpc) is 2.92. The third-order valence-corrected chi connectivity index (χ3v) is 9.23. The van der Waals surface area contributed by atoms with Gasteiger partial charge in [-0.15, -0.1) is 0 Å². The predicted molar refractivity (Wildman–Crippen MR) is 142 cm³/mol. The molecule has 2 atom stereocenters. The molecule has 3 aromatic rings. The van der Waals surface area contributed by atoms with Crippen LogP contribution < -0.4 is 19.1 Å². The molecular formula is C29H32N2O5S. The molecule has 3 aromatic carbocycles. The first-order valence-electron chi connectivity index (χ1n) is 12.7. The molecule has 0 radical (unpaired) electrons. The summed E-state index contributed by atoms with van der Waals surface area (Å²) < 4.78 is 41.0. The Labute approximate surface area is 218 Å². The van der Waals surface area contributed by atoms with E-state index in [1.165, 1.54) is 4.31 Å². The van der Waals surface area contributed by atoms with Crippen molar-refractivity contribution < 1.29 is 22.7 Å². The van der Waals surface area contributed by atoms with Crippen LogP contribution in [0.3, 0.4) is 0 Å². The maximum absolute atomic E-state index is 13.7. The maximum Gasteiger partial charge on any atom is 0.264 e. The van der Waals surface area contributed by atoms with Crippen LogP contribution in [-0.2, 0) is 14.8 Å². The van der Waals surface area contributed by atoms with Crippen LogP contribution >= 0.6 is 0 Å². The van der Waals surface area contributed by atoms with Crippen LogP contribution in [0.25, 0.3) is 0 Å². The molecule has 194 valence electrons. The Morgan fingerprint density at radius 3 is 2.32 bits per heavy atom. The molecule has 1 amide bonds. The number of hydrogen-bond donors (Lipinski definition) is 1. The van der Waals surface area contributed by atoms with Crippen molar-refractivity contribution >= 4 is 21.6 Å². The summed E-state index contributed by atoms with van der Waals surface area (Å²) in [6.07, 6.45) is 1.22. The van der Waals surface area contributed by atoms with E-state index in [4.69, 9.17) is 9.47 Å². The summed E-state index contributed by atoms with van der Waals surface area (Å²) in [7, 11) is -3.91. The summed E-state index contributed by atoms with van der Waals surface area (Å²) >= 11 is 0. The molecule has 2 aliphatic rings. The molecule has 5 rings (SSSR count). The van der Waals surface area contributed by atoms with Gasteiger partial charge in [0.2, 0.25) is 0 Å². The van der Waals surface area contributed by atoms with E-state index in [0.29, 0.717) is 17.9 Å². The molecule has 8 heteroatoms. The molecule has 2 aliphatic heterocycles. The van der Waals surface area contributed by atoms with Crippen molar-refractivity contribution in [2.45, 2.75) is 62.7 Å². The number of amides is 1. The molecule has 0 fully saturated rings. The molecule has 0 saturated carbocycles. The minimum absolute atomic E-state index is 0.128. The van der Waals surface area contributed by atoms with Crippen LogP contribution in [0.5, 0.6) is 11.5 Å². The van der Waals surface area contributed by atoms with Gasteiger partial charge < -0.3 is 14.8 Å². The van der Waals surface area contributed by atoms with Gasteiger partial charge in [0.25, 0.3) is 15.9 Å². The van der Waals surface area contributed by atoms with Crippen LogP contribution in [0.15, 0.2) is 77.7 Å². The fourth-order valence-electron chi connectivity index (χ4n) is 5.10. The summed E-state index contributed by atoms with van der Waals surface area (Å²) in [5, 5.41) is 3.15. The molecule has 0 aromatic heterocycles. The van der Waals surface area contributed by atoms with Crippen molar-refractivity contribution in [2.24, 2.45) is 0 Å². The van der Waals surface area contributed by atoms with E-state index < -0.39 is 16.1 Å². The van der Waals surface area contributed by atoms with Crippen molar-refractivity contribution in [3.05, 3.63) is 83.9 Å². The summed E-state index contributed by atoms with van der Waals surface area (Å²) in [5.41, 5.74) is 1.91. The van der Waals surface area contributed by atoms with Crippen molar-refractivity contribution in [2.75, 3.05) is 10.8 Å². The summed E-state index contributed by atoms with van der Waals surface area (Å²) in [4.78, 5) is 13.8. The fraction of sp³-hybridized carbons (Fsp3) is 0.345. The minimum atomic E-state index is -3.91. The largest absolute Gasteiger partial charge is 0.487 e. The van der Waals surface area contributed by atoms with Crippen LogP contribution in [0.2, 0.25) is 0 Å². The molecular weight excluding hydrogens is 488 g/mol. The molecule has 7 nitrogen and oxygen atoms in total. The van der Waals surface area contributed by atoms with Gasteiger partial charge in [0.05, 0.1) is 23.2 Å². The van der Waals surface area contributed by atoms with Gasteiger partial charge in [0.15, 0.2) is 6.10 Å². The number of anilines is 1. The van der Waals surface area contributed by atoms with Crippen LogP contribution in [0.1, 0.15) is 50.3 Å². The topological polar surface area (TPSA) is 84.9 Å². The Morgan fingerprint density at radius 1 is 0.973 bits per heavy atom. The Balaban J connectivity index is 1.45. The third kappa shape index (κ3) is 4.66. The number of carbonyl (C=O) groups is 1. The maximum atomic E-state index is 13.7. The average molecular weight is 521 g/mol. The van der Waals surface area contributed by atoms with Gasteiger partial charge in [0.1, 0.15) is 17.1 Å². The predicted octanol–water partition coefficient (Wildman–Crippen LogP) is 5.15. The first-order chi connectivity index (χ1) is 17.8. The SMILES string of the molecule is CCC1(CC)CC(NC(=O)C2CN(S(=O)(=O)c3ccc(C)cc3)c3ccccc3O2)c2ccccc2O1. The van der Waals surface area contributed by atoms with Gasteiger partial charge in [-0.3, -0.25) is 9.10 Å². The lowest BCUT2D eigenvalue weighted by Crippen LogP contribution is -2.52. The summed E-state index contributed by atoms with van der Waals surface area (Å²) in [5.74, 6) is 0.760. The zero-order valence-electron chi connectivity index (χ0n) is 21.3. The third-order valence-electron chi connectivity index (χ3n) is 7.44. The standard InChI is InChI=1S/C29H32N2O5S/c1-4-29(5-2)18-23(22-10-6-8-12-25(22)36-29)30-28(32)27-19-31(24-11-7-9-13-26(24)35-27)37(33,34)21-16-14-20(3)15-17-21/h6-17,23,27H,4-5,18-19H2,1-3H3,(H,30,32). The van der Waals surface area contributed by atoms with Gasteiger partial charge in [0, 0.05) is 12.0 Å². The summed E-state index contributed by atoms with van der Waals surface area (Å²) in [6, 6.07) is 21.1. The fourth-order valence-corrected chi connectivity index (χ4v) is 6.57. The number of ether oxygens (including phenoxy) is 2. The smallest absolute Gasteiger partial charge is 0.264 e. The number of para-hydroxylation sites is 3. The Kier molecular flexibility index (Phi) is 6.62. The van der Waals surface area contributed by atoms with Gasteiger partial charge in [-0.25, -0.2) is 8.42 Å². The minimum Gasteiger partial charge on any atom is -0.487 e. The van der Waals surface area contributed by atoms with Crippen LogP contribution in [-0.4, -0.2) is 32.6 Å². The van der Waals surface area contributed by atoms with Crippen LogP contribution in [0, 0.1) is 6.92 Å². The second kappa shape index (κ2) is 9.74. The lowest BCUT2D eigenvalue weighted by atomic mass is 9.83. The Bertz CT molecular complexity index is 1400. The Hall–Kier alpha value is -3.52. The number of fused-ring (bicyclic) bond motifs is 2. The molecule has 0 spiro atoms. The second-order valence-corrected chi connectivity index (χ2v) is 11.6. The number of nitrogens with one attached hydrogen (secondary N) is 1. The number of rotatable bonds is 6. The van der Waals surface area contributed by atoms with Gasteiger partial charge >= 0.3 is 0 Å². The zero-order chi connectivity index (χ0) is 26.2. The molecule has 0 bridgehead atoms. The summed E-state index contributed by atoms with van der Waals surface area (Å²) in [6.45, 7) is 5.95. The van der Waals surface area contributed by atoms with Gasteiger partial charge in [-0.1, -0.05) is 61.9 Å². The highest BCUT2D eigenvalue weighted by Crippen LogP contribution is 2.43. The molecule has 37 heavy (non-hydrogen) atoms. The van der Waals surface area contributed by atoms with Gasteiger partial charge in [-0.05, 0) is 50.1 Å². The molecule has 2 unspecified atom stereocenters. The highest BCUT2D eigenvalue weighted by Gasteiger charge is 2.42. The number of benzene rings is 3. The number of carbonyl (C=O) groups excluding carboxylic acids is 1. The van der Waals surface area contributed by atoms with E-state index in [-0.39, 0.29) is 29.0 Å². The lowest BCUT2D eigenvalue weighted by Gasteiger charge is -2.42. The molecule has 1 N–H and O–H groups in total. The lowest BCUT2D eigenvalue weighted by molar-refractivity contribution is -0.129. The highest BCUT2D eigenvalue weighted by atomic mass is 32.2. The van der Waals surface area contributed by atoms with Crippen molar-refractivity contribution in [3.8, 4) is 11.5 Å². The number of aryl methyl sites for hydroxylation is 1.